The van der Waals surface area contributed by atoms with Crippen LogP contribution in [-0.4, -0.2) is 50.8 Å². The van der Waals surface area contributed by atoms with Crippen molar-refractivity contribution in [3.8, 4) is 0 Å². The van der Waals surface area contributed by atoms with Crippen LogP contribution in [0, 0.1) is 6.92 Å². The molecule has 1 aromatic carbocycles. The predicted molar refractivity (Wildman–Crippen MR) is 125 cm³/mol. The lowest BCUT2D eigenvalue weighted by Gasteiger charge is -2.14. The molecule has 0 spiro atoms. The Morgan fingerprint density at radius 1 is 1.24 bits per heavy atom. The van der Waals surface area contributed by atoms with Gasteiger partial charge in [0.2, 0.25) is 15.9 Å². The minimum Gasteiger partial charge on any atom is -0.350 e. The number of primary sulfonamides is 1. The number of amides is 1. The van der Waals surface area contributed by atoms with Crippen LogP contribution in [0.3, 0.4) is 0 Å². The van der Waals surface area contributed by atoms with Gasteiger partial charge in [0.1, 0.15) is 5.01 Å². The molecule has 1 heterocycles. The monoisotopic (exact) mass is 552 g/mol. The van der Waals surface area contributed by atoms with Crippen molar-refractivity contribution in [1.29, 1.82) is 0 Å². The molecule has 0 bridgehead atoms. The Hall–Kier alpha value is -1.77. The minimum atomic E-state index is -3.72. The van der Waals surface area contributed by atoms with Gasteiger partial charge in [0, 0.05) is 25.2 Å². The van der Waals surface area contributed by atoms with E-state index in [9.17, 15) is 13.2 Å². The van der Waals surface area contributed by atoms with Gasteiger partial charge in [0.25, 0.3) is 0 Å². The molecule has 29 heavy (non-hydrogen) atoms. The van der Waals surface area contributed by atoms with E-state index in [-0.39, 0.29) is 41.3 Å². The summed E-state index contributed by atoms with van der Waals surface area (Å²) >= 11 is 1.58. The Bertz CT molecular complexity index is 942. The number of hydrogen-bond donors (Lipinski definition) is 3. The quantitative estimate of drug-likeness (QED) is 0.268. The molecule has 0 radical (unpaired) electrons. The van der Waals surface area contributed by atoms with Gasteiger partial charge in [-0.1, -0.05) is 12.1 Å². The van der Waals surface area contributed by atoms with Crippen LogP contribution in [0.5, 0.6) is 0 Å². The molecule has 2 rings (SSSR count). The van der Waals surface area contributed by atoms with E-state index < -0.39 is 10.0 Å². The zero-order valence-corrected chi connectivity index (χ0v) is 20.3. The van der Waals surface area contributed by atoms with Crippen molar-refractivity contribution in [3.63, 3.8) is 0 Å². The average Bonchev–Trinajstić information content (AvgIpc) is 3.05. The fourth-order valence-corrected chi connectivity index (χ4v) is 3.33. The fraction of sp³-hybridized carbons (Fsp3) is 0.353. The van der Waals surface area contributed by atoms with Crippen LogP contribution in [0.4, 0.5) is 0 Å². The number of carbonyl (C=O) groups excluding carboxylic acids is 1. The van der Waals surface area contributed by atoms with E-state index >= 15 is 0 Å². The van der Waals surface area contributed by atoms with E-state index in [1.165, 1.54) is 17.0 Å². The molecule has 0 fully saturated rings. The number of carbonyl (C=O) groups is 1. The third kappa shape index (κ3) is 8.64. The molecule has 1 amide bonds. The van der Waals surface area contributed by atoms with Gasteiger partial charge in [-0.15, -0.1) is 35.3 Å². The summed E-state index contributed by atoms with van der Waals surface area (Å²) in [7, 11) is -0.362. The maximum Gasteiger partial charge on any atom is 0.241 e. The lowest BCUT2D eigenvalue weighted by Crippen LogP contribution is -2.42. The first-order valence-electron chi connectivity index (χ1n) is 8.40. The van der Waals surface area contributed by atoms with E-state index in [4.69, 9.17) is 5.14 Å². The summed E-state index contributed by atoms with van der Waals surface area (Å²) in [5, 5.41) is 12.1. The number of nitrogens with zero attached hydrogens (tertiary/aromatic N) is 3. The molecule has 0 saturated carbocycles. The second-order valence-electron chi connectivity index (χ2n) is 6.21. The molecule has 0 saturated heterocycles. The Balaban J connectivity index is 0.00000420. The highest BCUT2D eigenvalue weighted by molar-refractivity contribution is 14.0. The van der Waals surface area contributed by atoms with Crippen molar-refractivity contribution in [3.05, 3.63) is 45.9 Å². The topological polar surface area (TPSA) is 130 Å². The van der Waals surface area contributed by atoms with Gasteiger partial charge < -0.3 is 15.5 Å². The average molecular weight is 552 g/mol. The summed E-state index contributed by atoms with van der Waals surface area (Å²) in [5.74, 6) is 0.371. The summed E-state index contributed by atoms with van der Waals surface area (Å²) in [6, 6.07) is 6.18. The SMILES string of the molecule is Cc1cnc(CNC(=NCc2ccc(S(N)(=O)=O)cc2)NCC(=O)N(C)C)s1.I. The maximum absolute atomic E-state index is 11.8. The Labute approximate surface area is 191 Å². The van der Waals surface area contributed by atoms with Crippen LogP contribution >= 0.6 is 35.3 Å². The number of nitrogens with one attached hydrogen (secondary N) is 2. The largest absolute Gasteiger partial charge is 0.350 e. The number of aliphatic imine (C=N–C) groups is 1. The number of halogens is 1. The molecule has 0 atom stereocenters. The third-order valence-corrected chi connectivity index (χ3v) is 5.50. The molecule has 12 heteroatoms. The first-order chi connectivity index (χ1) is 13.1. The molecular formula is C17H25IN6O3S2. The van der Waals surface area contributed by atoms with Crippen molar-refractivity contribution in [2.24, 2.45) is 10.1 Å². The molecule has 0 aliphatic rings. The minimum absolute atomic E-state index is 0. The molecule has 0 aliphatic carbocycles. The summed E-state index contributed by atoms with van der Waals surface area (Å²) < 4.78 is 22.7. The maximum atomic E-state index is 11.8. The molecule has 0 aliphatic heterocycles. The second-order valence-corrected chi connectivity index (χ2v) is 9.09. The van der Waals surface area contributed by atoms with E-state index in [1.54, 1.807) is 43.8 Å². The van der Waals surface area contributed by atoms with Crippen molar-refractivity contribution in [2.75, 3.05) is 20.6 Å². The molecule has 4 N–H and O–H groups in total. The molecular weight excluding hydrogens is 527 g/mol. The number of thiazole rings is 1. The molecule has 1 aromatic heterocycles. The second kappa shape index (κ2) is 11.4. The Morgan fingerprint density at radius 2 is 1.90 bits per heavy atom. The number of benzene rings is 1. The van der Waals surface area contributed by atoms with Gasteiger partial charge in [0.05, 0.1) is 24.5 Å². The number of sulfonamides is 1. The van der Waals surface area contributed by atoms with Gasteiger partial charge in [-0.3, -0.25) is 4.79 Å². The zero-order chi connectivity index (χ0) is 20.7. The zero-order valence-electron chi connectivity index (χ0n) is 16.4. The standard InChI is InChI=1S/C17H24N6O3S2.HI/c1-12-8-19-15(27-12)10-21-17(22-11-16(24)23(2)3)20-9-13-4-6-14(7-5-13)28(18,25)26;/h4-8H,9-11H2,1-3H3,(H2,18,25,26)(H2,20,21,22);1H. The van der Waals surface area contributed by atoms with Gasteiger partial charge in [-0.2, -0.15) is 0 Å². The Kier molecular flexibility index (Phi) is 9.95. The van der Waals surface area contributed by atoms with Crippen LogP contribution in [0.2, 0.25) is 0 Å². The lowest BCUT2D eigenvalue weighted by molar-refractivity contribution is -0.127. The van der Waals surface area contributed by atoms with Crippen LogP contribution in [0.15, 0.2) is 40.4 Å². The number of likely N-dealkylation sites (N-methyl/N-ethyl adjacent to an activating group) is 1. The number of guanidine groups is 1. The van der Waals surface area contributed by atoms with Crippen LogP contribution in [0.1, 0.15) is 15.4 Å². The van der Waals surface area contributed by atoms with E-state index in [0.29, 0.717) is 19.0 Å². The van der Waals surface area contributed by atoms with Crippen molar-refractivity contribution in [1.82, 2.24) is 20.5 Å². The third-order valence-electron chi connectivity index (χ3n) is 3.65. The van der Waals surface area contributed by atoms with Gasteiger partial charge in [-0.25, -0.2) is 23.5 Å². The first kappa shape index (κ1) is 25.3. The highest BCUT2D eigenvalue weighted by Gasteiger charge is 2.09. The number of aryl methyl sites for hydroxylation is 1. The van der Waals surface area contributed by atoms with E-state index in [1.807, 2.05) is 6.92 Å². The molecule has 9 nitrogen and oxygen atoms in total. The van der Waals surface area contributed by atoms with Crippen LogP contribution in [0.25, 0.3) is 0 Å². The molecule has 0 unspecified atom stereocenters. The molecule has 160 valence electrons. The number of aromatic nitrogens is 1. The summed E-state index contributed by atoms with van der Waals surface area (Å²) in [6.45, 7) is 2.85. The van der Waals surface area contributed by atoms with Crippen molar-refractivity contribution in [2.45, 2.75) is 24.9 Å². The van der Waals surface area contributed by atoms with Crippen LogP contribution in [-0.2, 0) is 27.9 Å². The van der Waals surface area contributed by atoms with E-state index in [2.05, 4.69) is 20.6 Å². The molecule has 2 aromatic rings. The Morgan fingerprint density at radius 3 is 2.41 bits per heavy atom. The number of nitrogens with two attached hydrogens (primary N) is 1. The van der Waals surface area contributed by atoms with Crippen molar-refractivity contribution >= 4 is 57.2 Å². The normalized spacial score (nSPS) is 11.5. The summed E-state index contributed by atoms with van der Waals surface area (Å²) in [6.07, 6.45) is 1.80. The smallest absolute Gasteiger partial charge is 0.241 e. The highest BCUT2D eigenvalue weighted by atomic mass is 127. The highest BCUT2D eigenvalue weighted by Crippen LogP contribution is 2.11. The van der Waals surface area contributed by atoms with Crippen LogP contribution < -0.4 is 15.8 Å². The lowest BCUT2D eigenvalue weighted by atomic mass is 10.2. The van der Waals surface area contributed by atoms with Crippen molar-refractivity contribution < 1.29 is 13.2 Å². The number of rotatable bonds is 7. The number of hydrogen-bond acceptors (Lipinski definition) is 6. The fourth-order valence-electron chi connectivity index (χ4n) is 2.09. The first-order valence-corrected chi connectivity index (χ1v) is 10.8. The van der Waals surface area contributed by atoms with Gasteiger partial charge in [-0.05, 0) is 24.6 Å². The van der Waals surface area contributed by atoms with Gasteiger partial charge in [0.15, 0.2) is 5.96 Å². The summed E-state index contributed by atoms with van der Waals surface area (Å²) in [5.41, 5.74) is 0.803. The van der Waals surface area contributed by atoms with E-state index in [0.717, 1.165) is 15.4 Å². The summed E-state index contributed by atoms with van der Waals surface area (Å²) in [4.78, 5) is 23.2. The predicted octanol–water partition coefficient (Wildman–Crippen LogP) is 1.04. The van der Waals surface area contributed by atoms with Gasteiger partial charge >= 0.3 is 0 Å².